The third kappa shape index (κ3) is 3.06. The van der Waals surface area contributed by atoms with Crippen molar-refractivity contribution in [2.24, 2.45) is 0 Å². The zero-order valence-electron chi connectivity index (χ0n) is 12.5. The van der Waals surface area contributed by atoms with Gasteiger partial charge in [-0.1, -0.05) is 0 Å². The van der Waals surface area contributed by atoms with Crippen molar-refractivity contribution >= 4 is 0 Å². The van der Waals surface area contributed by atoms with Gasteiger partial charge in [-0.15, -0.1) is 0 Å². The summed E-state index contributed by atoms with van der Waals surface area (Å²) in [6, 6.07) is 0.621. The van der Waals surface area contributed by atoms with Gasteiger partial charge in [0.2, 0.25) is 0 Å². The zero-order valence-corrected chi connectivity index (χ0v) is 12.5. The van der Waals surface area contributed by atoms with Crippen LogP contribution in [0.2, 0.25) is 0 Å². The molecule has 2 saturated heterocycles. The summed E-state index contributed by atoms with van der Waals surface area (Å²) >= 11 is 0. The molecule has 0 aromatic rings. The highest BCUT2D eigenvalue weighted by Gasteiger charge is 2.49. The fourth-order valence-corrected chi connectivity index (χ4v) is 3.39. The van der Waals surface area contributed by atoms with Crippen molar-refractivity contribution in [2.75, 3.05) is 26.4 Å². The van der Waals surface area contributed by atoms with Crippen LogP contribution in [0.5, 0.6) is 0 Å². The van der Waals surface area contributed by atoms with Gasteiger partial charge in [0.25, 0.3) is 0 Å². The van der Waals surface area contributed by atoms with Crippen molar-refractivity contribution in [3.05, 3.63) is 0 Å². The number of fused-ring (bicyclic) bond motifs is 1. The first-order valence-electron chi connectivity index (χ1n) is 7.45. The minimum absolute atomic E-state index is 0.0268. The van der Waals surface area contributed by atoms with Crippen LogP contribution in [0.3, 0.4) is 0 Å². The second-order valence-electron chi connectivity index (χ2n) is 6.77. The van der Waals surface area contributed by atoms with Crippen LogP contribution in [-0.2, 0) is 9.47 Å². The maximum atomic E-state index is 6.09. The molecule has 0 aliphatic carbocycles. The summed E-state index contributed by atoms with van der Waals surface area (Å²) < 4.78 is 11.7. The van der Waals surface area contributed by atoms with Crippen LogP contribution in [-0.4, -0.2) is 48.4 Å². The Labute approximate surface area is 112 Å². The lowest BCUT2D eigenvalue weighted by Crippen LogP contribution is -2.48. The monoisotopic (exact) mass is 255 g/mol. The molecule has 2 heterocycles. The lowest BCUT2D eigenvalue weighted by Gasteiger charge is -2.37. The average Bonchev–Trinajstić information content (AvgIpc) is 2.82. The van der Waals surface area contributed by atoms with Gasteiger partial charge in [-0.3, -0.25) is 4.90 Å². The SMILES string of the molecule is CCOC[C@@H]1CC[C@]2(COC(C)(C)C)CCCN12. The molecule has 0 unspecified atom stereocenters. The molecule has 0 amide bonds. The van der Waals surface area contributed by atoms with Gasteiger partial charge in [-0.05, 0) is 59.9 Å². The van der Waals surface area contributed by atoms with Crippen LogP contribution in [0.25, 0.3) is 0 Å². The predicted octanol–water partition coefficient (Wildman–Crippen LogP) is 2.84. The van der Waals surface area contributed by atoms with Gasteiger partial charge in [-0.2, -0.15) is 0 Å². The fourth-order valence-electron chi connectivity index (χ4n) is 3.39. The molecule has 2 aliphatic rings. The Morgan fingerprint density at radius 1 is 1.28 bits per heavy atom. The summed E-state index contributed by atoms with van der Waals surface area (Å²) in [4.78, 5) is 2.68. The number of nitrogens with zero attached hydrogens (tertiary/aromatic N) is 1. The Morgan fingerprint density at radius 3 is 2.72 bits per heavy atom. The molecule has 2 fully saturated rings. The molecule has 106 valence electrons. The van der Waals surface area contributed by atoms with Gasteiger partial charge >= 0.3 is 0 Å². The fraction of sp³-hybridized carbons (Fsp3) is 1.00. The maximum absolute atomic E-state index is 6.09. The van der Waals surface area contributed by atoms with E-state index in [0.29, 0.717) is 11.6 Å². The Bertz CT molecular complexity index is 274. The molecular formula is C15H29NO2. The van der Waals surface area contributed by atoms with Crippen LogP contribution in [0.1, 0.15) is 53.4 Å². The highest BCUT2D eigenvalue weighted by Crippen LogP contribution is 2.43. The first-order chi connectivity index (χ1) is 8.47. The Hall–Kier alpha value is -0.120. The van der Waals surface area contributed by atoms with E-state index in [9.17, 15) is 0 Å². The normalized spacial score (nSPS) is 33.0. The van der Waals surface area contributed by atoms with E-state index in [0.717, 1.165) is 19.8 Å². The molecule has 18 heavy (non-hydrogen) atoms. The Kier molecular flexibility index (Phi) is 4.35. The van der Waals surface area contributed by atoms with Gasteiger partial charge in [0.1, 0.15) is 0 Å². The van der Waals surface area contributed by atoms with Gasteiger partial charge < -0.3 is 9.47 Å². The summed E-state index contributed by atoms with van der Waals surface area (Å²) in [6.07, 6.45) is 5.16. The van der Waals surface area contributed by atoms with Gasteiger partial charge in [0, 0.05) is 18.2 Å². The van der Waals surface area contributed by atoms with E-state index in [1.807, 2.05) is 0 Å². The number of hydrogen-bond acceptors (Lipinski definition) is 3. The summed E-state index contributed by atoms with van der Waals surface area (Å²) in [7, 11) is 0. The Morgan fingerprint density at radius 2 is 2.06 bits per heavy atom. The second kappa shape index (κ2) is 5.48. The molecule has 0 spiro atoms. The molecule has 0 bridgehead atoms. The van der Waals surface area contributed by atoms with Crippen molar-refractivity contribution in [1.29, 1.82) is 0 Å². The summed E-state index contributed by atoms with van der Waals surface area (Å²) in [5.74, 6) is 0. The number of hydrogen-bond donors (Lipinski definition) is 0. The molecule has 3 heteroatoms. The molecule has 2 rings (SSSR count). The van der Waals surface area contributed by atoms with E-state index >= 15 is 0 Å². The van der Waals surface area contributed by atoms with Crippen molar-refractivity contribution in [3.8, 4) is 0 Å². The van der Waals surface area contributed by atoms with Crippen LogP contribution in [0.4, 0.5) is 0 Å². The lowest BCUT2D eigenvalue weighted by atomic mass is 9.95. The van der Waals surface area contributed by atoms with E-state index < -0.39 is 0 Å². The van der Waals surface area contributed by atoms with Gasteiger partial charge in [0.05, 0.1) is 18.8 Å². The molecule has 0 saturated carbocycles. The highest BCUT2D eigenvalue weighted by atomic mass is 16.5. The first kappa shape index (κ1) is 14.3. The summed E-state index contributed by atoms with van der Waals surface area (Å²) in [6.45, 7) is 12.4. The van der Waals surface area contributed by atoms with Crippen molar-refractivity contribution < 1.29 is 9.47 Å². The molecule has 3 nitrogen and oxygen atoms in total. The van der Waals surface area contributed by atoms with E-state index in [4.69, 9.17) is 9.47 Å². The predicted molar refractivity (Wildman–Crippen MR) is 73.9 cm³/mol. The third-order valence-corrected chi connectivity index (χ3v) is 4.32. The standard InChI is InChI=1S/C15H29NO2/c1-5-17-11-13-7-9-15(8-6-10-16(13)15)12-18-14(2,3)4/h13H,5-12H2,1-4H3/t13-,15-/m0/s1. The van der Waals surface area contributed by atoms with E-state index in [-0.39, 0.29) is 5.60 Å². The number of ether oxygens (including phenoxy) is 2. The zero-order chi connectivity index (χ0) is 13.2. The summed E-state index contributed by atoms with van der Waals surface area (Å²) in [5.41, 5.74) is 0.288. The first-order valence-corrected chi connectivity index (χ1v) is 7.45. The van der Waals surface area contributed by atoms with Gasteiger partial charge in [-0.25, -0.2) is 0 Å². The topological polar surface area (TPSA) is 21.7 Å². The van der Waals surface area contributed by atoms with E-state index in [2.05, 4.69) is 32.6 Å². The van der Waals surface area contributed by atoms with E-state index in [1.165, 1.54) is 32.2 Å². The second-order valence-corrected chi connectivity index (χ2v) is 6.77. The number of rotatable bonds is 5. The molecule has 0 aromatic heterocycles. The average molecular weight is 255 g/mol. The van der Waals surface area contributed by atoms with Crippen molar-refractivity contribution in [2.45, 2.75) is 70.6 Å². The van der Waals surface area contributed by atoms with Crippen LogP contribution >= 0.6 is 0 Å². The van der Waals surface area contributed by atoms with Crippen molar-refractivity contribution in [1.82, 2.24) is 4.90 Å². The third-order valence-electron chi connectivity index (χ3n) is 4.32. The molecule has 2 atom stereocenters. The summed E-state index contributed by atoms with van der Waals surface area (Å²) in [5, 5.41) is 0. The van der Waals surface area contributed by atoms with Crippen LogP contribution in [0, 0.1) is 0 Å². The quantitative estimate of drug-likeness (QED) is 0.754. The lowest BCUT2D eigenvalue weighted by molar-refractivity contribution is -0.0606. The molecular weight excluding hydrogens is 226 g/mol. The smallest absolute Gasteiger partial charge is 0.0657 e. The molecule has 0 aromatic carbocycles. The molecule has 0 N–H and O–H groups in total. The largest absolute Gasteiger partial charge is 0.380 e. The van der Waals surface area contributed by atoms with Gasteiger partial charge in [0.15, 0.2) is 0 Å². The maximum Gasteiger partial charge on any atom is 0.0657 e. The molecule has 0 radical (unpaired) electrons. The van der Waals surface area contributed by atoms with Crippen molar-refractivity contribution in [3.63, 3.8) is 0 Å². The highest BCUT2D eigenvalue weighted by molar-refractivity contribution is 5.04. The Balaban J connectivity index is 1.95. The minimum Gasteiger partial charge on any atom is -0.380 e. The van der Waals surface area contributed by atoms with E-state index in [1.54, 1.807) is 0 Å². The van der Waals surface area contributed by atoms with Crippen LogP contribution in [0.15, 0.2) is 0 Å². The van der Waals surface area contributed by atoms with Crippen LogP contribution < -0.4 is 0 Å². The molecule has 2 aliphatic heterocycles. The minimum atomic E-state index is -0.0268.